The van der Waals surface area contributed by atoms with Gasteiger partial charge in [-0.1, -0.05) is 45.2 Å². The van der Waals surface area contributed by atoms with Gasteiger partial charge in [0.15, 0.2) is 10.8 Å². The van der Waals surface area contributed by atoms with Gasteiger partial charge in [-0.3, -0.25) is 0 Å². The number of alkyl halides is 3. The van der Waals surface area contributed by atoms with Gasteiger partial charge in [-0.05, 0) is 34.0 Å². The van der Waals surface area contributed by atoms with E-state index in [0.29, 0.717) is 0 Å². The van der Waals surface area contributed by atoms with Crippen LogP contribution < -0.4 is 0 Å². The van der Waals surface area contributed by atoms with Gasteiger partial charge in [0.05, 0.1) is 0 Å². The third kappa shape index (κ3) is 2.56. The molecule has 0 aromatic carbocycles. The van der Waals surface area contributed by atoms with Crippen LogP contribution in [0, 0.1) is 0 Å². The first-order valence-electron chi connectivity index (χ1n) is 4.04. The largest absolute Gasteiger partial charge is 0.365 e. The summed E-state index contributed by atoms with van der Waals surface area (Å²) in [7, 11) is 0. The first kappa shape index (κ1) is 12.2. The number of hydrogen-bond acceptors (Lipinski definition) is 2. The van der Waals surface area contributed by atoms with Crippen LogP contribution in [0.2, 0.25) is 0 Å². The summed E-state index contributed by atoms with van der Waals surface area (Å²) in [5.41, 5.74) is 1.07. The van der Waals surface area contributed by atoms with E-state index < -0.39 is 10.8 Å². The topological polar surface area (TPSA) is 29.5 Å². The zero-order valence-corrected chi connectivity index (χ0v) is 11.9. The van der Waals surface area contributed by atoms with Crippen molar-refractivity contribution in [1.82, 2.24) is 0 Å². The quantitative estimate of drug-likeness (QED) is 0.603. The van der Waals surface area contributed by atoms with Crippen LogP contribution in [0.4, 0.5) is 0 Å². The zero-order valence-electron chi connectivity index (χ0n) is 7.14. The molecule has 0 saturated carbocycles. The lowest BCUT2D eigenvalue weighted by atomic mass is 10.1. The van der Waals surface area contributed by atoms with Crippen LogP contribution in [0.5, 0.6) is 0 Å². The maximum absolute atomic E-state index is 9.34. The number of hydrogen-bond donors (Lipinski definition) is 1. The normalized spacial score (nSPS) is 34.0. The van der Waals surface area contributed by atoms with Crippen LogP contribution in [0.15, 0.2) is 11.6 Å². The third-order valence-corrected chi connectivity index (χ3v) is 5.55. The Balaban J connectivity index is 2.81. The summed E-state index contributed by atoms with van der Waals surface area (Å²) in [5, 5.41) is 9.34. The van der Waals surface area contributed by atoms with Crippen LogP contribution >= 0.6 is 47.8 Å². The molecule has 1 aliphatic heterocycles. The minimum Gasteiger partial charge on any atom is -0.365 e. The molecule has 5 heteroatoms. The standard InChI is InChI=1S/C8H11Br3O2/c1-2-3-5-4-6(12)13-8(5,11)7(9)10/h4,6-7,12H,2-3H2,1H3. The molecule has 0 saturated heterocycles. The number of aliphatic hydroxyl groups excluding tert-OH is 1. The van der Waals surface area contributed by atoms with Gasteiger partial charge >= 0.3 is 0 Å². The van der Waals surface area contributed by atoms with Gasteiger partial charge in [-0.2, -0.15) is 0 Å². The summed E-state index contributed by atoms with van der Waals surface area (Å²) in [4.78, 5) is 0. The summed E-state index contributed by atoms with van der Waals surface area (Å²) in [6.07, 6.45) is 2.88. The highest BCUT2D eigenvalue weighted by molar-refractivity contribution is 9.25. The lowest BCUT2D eigenvalue weighted by molar-refractivity contribution is -0.0800. The molecule has 1 aliphatic rings. The fourth-order valence-electron chi connectivity index (χ4n) is 1.29. The maximum Gasteiger partial charge on any atom is 0.176 e. The summed E-state index contributed by atoms with van der Waals surface area (Å²) >= 11 is 10.2. The Kier molecular flexibility index (Phi) is 4.44. The fourth-order valence-corrected chi connectivity index (χ4v) is 2.61. The van der Waals surface area contributed by atoms with Crippen molar-refractivity contribution < 1.29 is 9.84 Å². The average molecular weight is 379 g/mol. The number of halogens is 3. The molecule has 0 radical (unpaired) electrons. The lowest BCUT2D eigenvalue weighted by Gasteiger charge is -2.27. The molecule has 0 amide bonds. The van der Waals surface area contributed by atoms with E-state index in [2.05, 4.69) is 54.7 Å². The lowest BCUT2D eigenvalue weighted by Crippen LogP contribution is -2.32. The Labute approximate surface area is 103 Å². The number of aliphatic hydroxyl groups is 1. The second kappa shape index (κ2) is 4.75. The molecule has 2 unspecified atom stereocenters. The van der Waals surface area contributed by atoms with Gasteiger partial charge in [0.2, 0.25) is 0 Å². The number of rotatable bonds is 3. The van der Waals surface area contributed by atoms with Gasteiger partial charge < -0.3 is 9.84 Å². The van der Waals surface area contributed by atoms with Crippen LogP contribution in [-0.4, -0.2) is 19.6 Å². The van der Waals surface area contributed by atoms with Gasteiger partial charge in [0.25, 0.3) is 0 Å². The van der Waals surface area contributed by atoms with Crippen molar-refractivity contribution in [3.05, 3.63) is 11.6 Å². The Morgan fingerprint density at radius 2 is 2.31 bits per heavy atom. The van der Waals surface area contributed by atoms with Crippen LogP contribution in [0.25, 0.3) is 0 Å². The fraction of sp³-hybridized carbons (Fsp3) is 0.750. The summed E-state index contributed by atoms with van der Waals surface area (Å²) < 4.78 is 4.70. The first-order chi connectivity index (χ1) is 6.00. The highest BCUT2D eigenvalue weighted by Crippen LogP contribution is 2.46. The van der Waals surface area contributed by atoms with Crippen molar-refractivity contribution in [3.63, 3.8) is 0 Å². The van der Waals surface area contributed by atoms with Crippen molar-refractivity contribution in [3.8, 4) is 0 Å². The van der Waals surface area contributed by atoms with Gasteiger partial charge in [-0.25, -0.2) is 0 Å². The van der Waals surface area contributed by atoms with Crippen molar-refractivity contribution in [2.45, 2.75) is 34.3 Å². The van der Waals surface area contributed by atoms with E-state index in [4.69, 9.17) is 4.74 Å². The zero-order chi connectivity index (χ0) is 10.1. The molecule has 2 nitrogen and oxygen atoms in total. The molecule has 1 heterocycles. The molecule has 2 atom stereocenters. The van der Waals surface area contributed by atoms with E-state index in [1.807, 2.05) is 0 Å². The molecule has 0 aromatic rings. The maximum atomic E-state index is 9.34. The van der Waals surface area contributed by atoms with Gasteiger partial charge in [0.1, 0.15) is 3.74 Å². The van der Waals surface area contributed by atoms with Crippen LogP contribution in [0.3, 0.4) is 0 Å². The van der Waals surface area contributed by atoms with E-state index >= 15 is 0 Å². The van der Waals surface area contributed by atoms with Gasteiger partial charge in [0, 0.05) is 0 Å². The predicted molar refractivity (Wildman–Crippen MR) is 63.4 cm³/mol. The number of ether oxygens (including phenoxy) is 1. The second-order valence-electron chi connectivity index (χ2n) is 2.90. The first-order valence-corrected chi connectivity index (χ1v) is 6.67. The molecule has 13 heavy (non-hydrogen) atoms. The minimum atomic E-state index is -0.807. The van der Waals surface area contributed by atoms with Crippen molar-refractivity contribution in [2.75, 3.05) is 0 Å². The van der Waals surface area contributed by atoms with Crippen molar-refractivity contribution in [2.24, 2.45) is 0 Å². The van der Waals surface area contributed by atoms with Crippen molar-refractivity contribution >= 4 is 47.8 Å². The molecule has 0 bridgehead atoms. The Morgan fingerprint density at radius 1 is 1.69 bits per heavy atom. The molecule has 0 aromatic heterocycles. The average Bonchev–Trinajstić information content (AvgIpc) is 2.29. The Bertz CT molecular complexity index is 217. The molecule has 0 spiro atoms. The molecule has 0 aliphatic carbocycles. The van der Waals surface area contributed by atoms with E-state index in [1.54, 1.807) is 6.08 Å². The second-order valence-corrected chi connectivity index (χ2v) is 7.13. The van der Waals surface area contributed by atoms with Crippen molar-refractivity contribution in [1.29, 1.82) is 0 Å². The third-order valence-electron chi connectivity index (χ3n) is 1.87. The molecule has 1 rings (SSSR count). The minimum absolute atomic E-state index is 0.0533. The smallest absolute Gasteiger partial charge is 0.176 e. The molecule has 76 valence electrons. The SMILES string of the molecule is CCCC1=CC(O)OC1(Br)C(Br)Br. The Hall–Kier alpha value is 1.10. The van der Waals surface area contributed by atoms with Crippen LogP contribution in [0.1, 0.15) is 19.8 Å². The molecule has 1 N–H and O–H groups in total. The highest BCUT2D eigenvalue weighted by atomic mass is 79.9. The van der Waals surface area contributed by atoms with E-state index in [1.165, 1.54) is 0 Å². The summed E-state index contributed by atoms with van der Waals surface area (Å²) in [6.45, 7) is 2.09. The monoisotopic (exact) mass is 376 g/mol. The van der Waals surface area contributed by atoms with E-state index in [9.17, 15) is 5.11 Å². The predicted octanol–water partition coefficient (Wildman–Crippen LogP) is 3.27. The molecule has 0 fully saturated rings. The molecular weight excluding hydrogens is 368 g/mol. The molecular formula is C8H11Br3O2. The van der Waals surface area contributed by atoms with Crippen LogP contribution in [-0.2, 0) is 4.74 Å². The van der Waals surface area contributed by atoms with E-state index in [-0.39, 0.29) is 3.74 Å². The summed E-state index contributed by atoms with van der Waals surface area (Å²) in [6, 6.07) is 0. The van der Waals surface area contributed by atoms with Gasteiger partial charge in [-0.15, -0.1) is 0 Å². The van der Waals surface area contributed by atoms with E-state index in [0.717, 1.165) is 18.4 Å². The highest BCUT2D eigenvalue weighted by Gasteiger charge is 2.43. The Morgan fingerprint density at radius 3 is 2.77 bits per heavy atom. The summed E-state index contributed by atoms with van der Waals surface area (Å²) in [5.74, 6) is 0.